The molecule has 0 saturated heterocycles. The van der Waals surface area contributed by atoms with Gasteiger partial charge in [-0.25, -0.2) is 0 Å². The minimum atomic E-state index is -0.491. The fourth-order valence-corrected chi connectivity index (χ4v) is 1.60. The molecule has 4 heteroatoms. The number of hydrogen-bond donors (Lipinski definition) is 2. The summed E-state index contributed by atoms with van der Waals surface area (Å²) in [7, 11) is 0. The lowest BCUT2D eigenvalue weighted by Crippen LogP contribution is -2.38. The molecule has 0 spiro atoms. The lowest BCUT2D eigenvalue weighted by atomic mass is 10.1. The van der Waals surface area contributed by atoms with Gasteiger partial charge in [0.2, 0.25) is 0 Å². The van der Waals surface area contributed by atoms with Gasteiger partial charge in [0.25, 0.3) is 0 Å². The number of halogens is 1. The van der Waals surface area contributed by atoms with E-state index in [4.69, 9.17) is 4.74 Å². The Labute approximate surface area is 118 Å². The van der Waals surface area contributed by atoms with Crippen molar-refractivity contribution in [2.75, 3.05) is 13.2 Å². The molecular weight excluding hydrogens is 294 g/mol. The van der Waals surface area contributed by atoms with Gasteiger partial charge in [-0.3, -0.25) is 0 Å². The van der Waals surface area contributed by atoms with Gasteiger partial charge in [0.1, 0.15) is 18.5 Å². The summed E-state index contributed by atoms with van der Waals surface area (Å²) >= 11 is 3.36. The molecule has 0 amide bonds. The van der Waals surface area contributed by atoms with E-state index in [1.54, 1.807) is 0 Å². The second-order valence-corrected chi connectivity index (χ2v) is 5.78. The Balaban J connectivity index is 2.24. The Morgan fingerprint density at radius 3 is 2.39 bits per heavy atom. The maximum Gasteiger partial charge on any atom is 0.119 e. The van der Waals surface area contributed by atoms with Crippen molar-refractivity contribution < 1.29 is 9.84 Å². The fourth-order valence-electron chi connectivity index (χ4n) is 1.34. The van der Waals surface area contributed by atoms with E-state index >= 15 is 0 Å². The number of benzene rings is 1. The first-order chi connectivity index (χ1) is 8.49. The van der Waals surface area contributed by atoms with Crippen LogP contribution in [0.5, 0.6) is 5.75 Å². The molecule has 0 fully saturated rings. The highest BCUT2D eigenvalue weighted by molar-refractivity contribution is 9.10. The van der Waals surface area contributed by atoms with Crippen molar-refractivity contribution >= 4 is 15.9 Å². The largest absolute Gasteiger partial charge is 0.491 e. The van der Waals surface area contributed by atoms with Crippen LogP contribution in [-0.4, -0.2) is 30.4 Å². The SMILES string of the molecule is CC(C)C(C)NCC(O)COc1ccc(Br)cc1. The standard InChI is InChI=1S/C14H22BrNO2/c1-10(2)11(3)16-8-13(17)9-18-14-6-4-12(15)5-7-14/h4-7,10-11,13,16-17H,8-9H2,1-3H3. The van der Waals surface area contributed by atoms with Crippen molar-refractivity contribution in [1.29, 1.82) is 0 Å². The summed E-state index contributed by atoms with van der Waals surface area (Å²) in [5, 5.41) is 13.1. The maximum absolute atomic E-state index is 9.80. The molecule has 0 aromatic heterocycles. The van der Waals surface area contributed by atoms with Crippen molar-refractivity contribution in [2.45, 2.75) is 32.9 Å². The van der Waals surface area contributed by atoms with Crippen LogP contribution in [0.25, 0.3) is 0 Å². The summed E-state index contributed by atoms with van der Waals surface area (Å²) in [5.41, 5.74) is 0. The summed E-state index contributed by atoms with van der Waals surface area (Å²) in [4.78, 5) is 0. The third-order valence-electron chi connectivity index (χ3n) is 2.93. The summed E-state index contributed by atoms with van der Waals surface area (Å²) < 4.78 is 6.52. The van der Waals surface area contributed by atoms with Crippen molar-refractivity contribution in [3.8, 4) is 5.75 Å². The minimum Gasteiger partial charge on any atom is -0.491 e. The minimum absolute atomic E-state index is 0.305. The number of aliphatic hydroxyl groups is 1. The first-order valence-corrected chi connectivity index (χ1v) is 7.08. The first kappa shape index (κ1) is 15.5. The average molecular weight is 316 g/mol. The Kier molecular flexibility index (Phi) is 6.68. The molecule has 0 saturated carbocycles. The third kappa shape index (κ3) is 5.85. The van der Waals surface area contributed by atoms with Crippen molar-refractivity contribution in [2.24, 2.45) is 5.92 Å². The normalized spacial score (nSPS) is 14.6. The molecule has 2 N–H and O–H groups in total. The van der Waals surface area contributed by atoms with E-state index in [0.29, 0.717) is 25.1 Å². The van der Waals surface area contributed by atoms with Crippen LogP contribution in [0.2, 0.25) is 0 Å². The van der Waals surface area contributed by atoms with Gasteiger partial charge < -0.3 is 15.2 Å². The molecule has 102 valence electrons. The maximum atomic E-state index is 9.80. The molecule has 2 atom stereocenters. The molecular formula is C14H22BrNO2. The summed E-state index contributed by atoms with van der Waals surface area (Å²) in [6, 6.07) is 7.98. The van der Waals surface area contributed by atoms with E-state index in [0.717, 1.165) is 10.2 Å². The smallest absolute Gasteiger partial charge is 0.119 e. The highest BCUT2D eigenvalue weighted by Crippen LogP contribution is 2.16. The fraction of sp³-hybridized carbons (Fsp3) is 0.571. The number of nitrogens with one attached hydrogen (secondary N) is 1. The van der Waals surface area contributed by atoms with Gasteiger partial charge in [-0.1, -0.05) is 29.8 Å². The Hall–Kier alpha value is -0.580. The summed E-state index contributed by atoms with van der Waals surface area (Å²) in [5.74, 6) is 1.33. The van der Waals surface area contributed by atoms with Crippen molar-refractivity contribution in [3.63, 3.8) is 0 Å². The van der Waals surface area contributed by atoms with Crippen LogP contribution >= 0.6 is 15.9 Å². The second kappa shape index (κ2) is 7.77. The molecule has 0 radical (unpaired) electrons. The van der Waals surface area contributed by atoms with Gasteiger partial charge in [-0.15, -0.1) is 0 Å². The summed E-state index contributed by atoms with van der Waals surface area (Å²) in [6.45, 7) is 7.28. The number of hydrogen-bond acceptors (Lipinski definition) is 3. The van der Waals surface area contributed by atoms with E-state index in [1.807, 2.05) is 24.3 Å². The lowest BCUT2D eigenvalue weighted by molar-refractivity contribution is 0.102. The predicted molar refractivity (Wildman–Crippen MR) is 77.9 cm³/mol. The molecule has 1 aromatic carbocycles. The number of aliphatic hydroxyl groups excluding tert-OH is 1. The molecule has 0 aliphatic rings. The molecule has 0 aliphatic carbocycles. The van der Waals surface area contributed by atoms with E-state index < -0.39 is 6.10 Å². The summed E-state index contributed by atoms with van der Waals surface area (Å²) in [6.07, 6.45) is -0.491. The number of rotatable bonds is 7. The molecule has 0 bridgehead atoms. The molecule has 0 heterocycles. The molecule has 18 heavy (non-hydrogen) atoms. The molecule has 1 aromatic rings. The number of ether oxygens (including phenoxy) is 1. The van der Waals surface area contributed by atoms with Crippen LogP contribution in [0.4, 0.5) is 0 Å². The van der Waals surface area contributed by atoms with Gasteiger partial charge in [-0.2, -0.15) is 0 Å². The molecule has 1 rings (SSSR count). The van der Waals surface area contributed by atoms with Crippen LogP contribution in [-0.2, 0) is 0 Å². The highest BCUT2D eigenvalue weighted by Gasteiger charge is 2.10. The third-order valence-corrected chi connectivity index (χ3v) is 3.46. The first-order valence-electron chi connectivity index (χ1n) is 6.29. The predicted octanol–water partition coefficient (Wildman–Crippen LogP) is 2.82. The second-order valence-electron chi connectivity index (χ2n) is 4.86. The van der Waals surface area contributed by atoms with Crippen LogP contribution < -0.4 is 10.1 Å². The quantitative estimate of drug-likeness (QED) is 0.813. The Morgan fingerprint density at radius 1 is 1.22 bits per heavy atom. The van der Waals surface area contributed by atoms with E-state index in [1.165, 1.54) is 0 Å². The average Bonchev–Trinajstić information content (AvgIpc) is 2.35. The molecule has 3 nitrogen and oxygen atoms in total. The monoisotopic (exact) mass is 315 g/mol. The zero-order chi connectivity index (χ0) is 13.5. The van der Waals surface area contributed by atoms with Crippen LogP contribution in [0.15, 0.2) is 28.7 Å². The lowest BCUT2D eigenvalue weighted by Gasteiger charge is -2.20. The molecule has 0 aliphatic heterocycles. The zero-order valence-electron chi connectivity index (χ0n) is 11.2. The van der Waals surface area contributed by atoms with Crippen LogP contribution in [0, 0.1) is 5.92 Å². The van der Waals surface area contributed by atoms with Gasteiger partial charge >= 0.3 is 0 Å². The van der Waals surface area contributed by atoms with Crippen molar-refractivity contribution in [1.82, 2.24) is 5.32 Å². The van der Waals surface area contributed by atoms with Crippen molar-refractivity contribution in [3.05, 3.63) is 28.7 Å². The van der Waals surface area contributed by atoms with Gasteiger partial charge in [0.15, 0.2) is 0 Å². The van der Waals surface area contributed by atoms with Gasteiger partial charge in [-0.05, 0) is 37.1 Å². The van der Waals surface area contributed by atoms with Crippen LogP contribution in [0.3, 0.4) is 0 Å². The van der Waals surface area contributed by atoms with Gasteiger partial charge in [0, 0.05) is 17.1 Å². The highest BCUT2D eigenvalue weighted by atomic mass is 79.9. The topological polar surface area (TPSA) is 41.5 Å². The van der Waals surface area contributed by atoms with E-state index in [2.05, 4.69) is 42.0 Å². The Morgan fingerprint density at radius 2 is 1.83 bits per heavy atom. The van der Waals surface area contributed by atoms with E-state index in [9.17, 15) is 5.11 Å². The van der Waals surface area contributed by atoms with Gasteiger partial charge in [0.05, 0.1) is 0 Å². The van der Waals surface area contributed by atoms with Crippen LogP contribution in [0.1, 0.15) is 20.8 Å². The Bertz CT molecular complexity index is 340. The molecule has 2 unspecified atom stereocenters. The van der Waals surface area contributed by atoms with E-state index in [-0.39, 0.29) is 0 Å². The zero-order valence-corrected chi connectivity index (χ0v) is 12.8.